The maximum Gasteiger partial charge on any atom is 0.0555 e. The van der Waals surface area contributed by atoms with E-state index >= 15 is 0 Å². The van der Waals surface area contributed by atoms with Crippen LogP contribution in [0.25, 0.3) is 27.1 Å². The average molecular weight is 364 g/mol. The first kappa shape index (κ1) is 15.7. The van der Waals surface area contributed by atoms with Crippen LogP contribution in [0.4, 0.5) is 11.4 Å². The quantitative estimate of drug-likeness (QED) is 0.421. The predicted molar refractivity (Wildman–Crippen MR) is 92.0 cm³/mol. The second-order valence-corrected chi connectivity index (χ2v) is 4.82. The summed E-state index contributed by atoms with van der Waals surface area (Å²) in [5.74, 6) is 0. The van der Waals surface area contributed by atoms with Crippen molar-refractivity contribution in [2.75, 3.05) is 0 Å². The molecule has 0 N–H and O–H groups in total. The summed E-state index contributed by atoms with van der Waals surface area (Å²) in [6.07, 6.45) is 3.59. The van der Waals surface area contributed by atoms with Gasteiger partial charge < -0.3 is 5.32 Å². The van der Waals surface area contributed by atoms with Gasteiger partial charge in [-0.05, 0) is 22.9 Å². The van der Waals surface area contributed by atoms with Gasteiger partial charge in [0, 0.05) is 12.4 Å². The molecule has 2 aromatic heterocycles. The third-order valence-corrected chi connectivity index (χ3v) is 3.46. The molecule has 0 unspecified atom stereocenters. The van der Waals surface area contributed by atoms with Crippen molar-refractivity contribution < 1.29 is 14.6 Å². The van der Waals surface area contributed by atoms with Crippen molar-refractivity contribution in [3.8, 4) is 0 Å². The van der Waals surface area contributed by atoms with Crippen molar-refractivity contribution in [2.24, 2.45) is 0 Å². The van der Waals surface area contributed by atoms with Gasteiger partial charge in [0.1, 0.15) is 0 Å². The van der Waals surface area contributed by atoms with E-state index in [-0.39, 0.29) is 0 Å². The Hall–Kier alpha value is -2.16. The van der Waals surface area contributed by atoms with Gasteiger partial charge in [-0.1, -0.05) is 48.5 Å². The van der Waals surface area contributed by atoms with E-state index in [4.69, 9.17) is 5.32 Å². The summed E-state index contributed by atoms with van der Waals surface area (Å²) < 4.78 is 0. The van der Waals surface area contributed by atoms with Gasteiger partial charge in [0.15, 0.2) is 0 Å². The van der Waals surface area contributed by atoms with Gasteiger partial charge in [-0.15, -0.1) is 11.4 Å². The topological polar surface area (TPSA) is 39.9 Å². The zero-order chi connectivity index (χ0) is 16.1. The van der Waals surface area contributed by atoms with Gasteiger partial charge in [-0.2, -0.15) is 0 Å². The number of rotatable bonds is 2. The summed E-state index contributed by atoms with van der Waals surface area (Å²) in [6, 6.07) is 20.0. The zero-order valence-corrected chi connectivity index (χ0v) is 13.7. The summed E-state index contributed by atoms with van der Waals surface area (Å²) in [5, 5.41) is 6.95. The molecular weight excluding hydrogens is 352 g/mol. The van der Waals surface area contributed by atoms with Crippen LogP contribution in [-0.4, -0.2) is 9.97 Å². The fraction of sp³-hybridized carbons (Fsp3) is 0. The Morgan fingerprint density at radius 1 is 0.652 bits per heavy atom. The Morgan fingerprint density at radius 3 is 1.57 bits per heavy atom. The molecule has 0 aliphatic heterocycles. The van der Waals surface area contributed by atoms with Crippen molar-refractivity contribution >= 4 is 43.4 Å². The fourth-order valence-electron chi connectivity index (χ4n) is 2.49. The number of hydrogen-bond acceptors (Lipinski definition) is 2. The third kappa shape index (κ3) is 3.29. The minimum atomic E-state index is 0.867. The fourth-order valence-corrected chi connectivity index (χ4v) is 2.49. The predicted octanol–water partition coefficient (Wildman–Crippen LogP) is 5.81. The monoisotopic (exact) mass is 363 g/mol. The van der Waals surface area contributed by atoms with Crippen LogP contribution in [0.1, 0.15) is 0 Å². The number of benzene rings is 2. The average Bonchev–Trinajstić information content (AvgIpc) is 2.64. The van der Waals surface area contributed by atoms with Crippen molar-refractivity contribution in [1.29, 1.82) is 0 Å². The Bertz CT molecular complexity index is 855. The second-order valence-electron chi connectivity index (χ2n) is 4.82. The Kier molecular flexibility index (Phi) is 5.06. The molecule has 0 fully saturated rings. The number of aromatic nitrogens is 2. The molecule has 0 saturated carbocycles. The molecule has 0 aliphatic carbocycles. The molecule has 5 heteroatoms. The van der Waals surface area contributed by atoms with E-state index in [0.717, 1.165) is 33.2 Å². The molecule has 2 aromatic carbocycles. The summed E-state index contributed by atoms with van der Waals surface area (Å²) >= 11 is 3.35. The smallest absolute Gasteiger partial charge is 0.0555 e. The molecule has 0 amide bonds. The maximum atomic E-state index is 4.77. The van der Waals surface area contributed by atoms with E-state index in [2.05, 4.69) is 34.7 Å². The summed E-state index contributed by atoms with van der Waals surface area (Å²) in [5.41, 5.74) is 3.55. The Balaban J connectivity index is 0.000000753. The number of hydrogen-bond donors (Lipinski definition) is 0. The molecule has 0 atom stereocenters. The van der Waals surface area contributed by atoms with Crippen LogP contribution in [0.3, 0.4) is 0 Å². The van der Waals surface area contributed by atoms with Gasteiger partial charge in [0.05, 0.1) is 11.0 Å². The van der Waals surface area contributed by atoms with Crippen LogP contribution >= 0.6 is 10.2 Å². The van der Waals surface area contributed by atoms with Crippen LogP contribution < -0.4 is 0 Å². The zero-order valence-electron chi connectivity index (χ0n) is 12.0. The molecule has 0 spiro atoms. The number of pyridine rings is 2. The van der Waals surface area contributed by atoms with E-state index in [0.29, 0.717) is 0 Å². The van der Waals surface area contributed by atoms with Gasteiger partial charge in [-0.25, -0.2) is 0 Å². The summed E-state index contributed by atoms with van der Waals surface area (Å²) in [4.78, 5) is 8.89. The Morgan fingerprint density at radius 2 is 1.09 bits per heavy atom. The van der Waals surface area contributed by atoms with Crippen molar-refractivity contribution in [2.45, 2.75) is 0 Å². The minimum Gasteiger partial charge on any atom is -0.654 e. The maximum absolute atomic E-state index is 4.77. The van der Waals surface area contributed by atoms with Crippen LogP contribution in [-0.2, 0) is 14.6 Å². The van der Waals surface area contributed by atoms with E-state index in [1.54, 1.807) is 12.4 Å². The van der Waals surface area contributed by atoms with Gasteiger partial charge in [0.2, 0.25) is 0 Å². The van der Waals surface area contributed by atoms with Crippen LogP contribution in [0.2, 0.25) is 0 Å². The minimum absolute atomic E-state index is 0.867. The van der Waals surface area contributed by atoms with Crippen LogP contribution in [0.5, 0.6) is 0 Å². The van der Waals surface area contributed by atoms with Crippen molar-refractivity contribution in [3.63, 3.8) is 0 Å². The molecule has 2 heterocycles. The second kappa shape index (κ2) is 7.41. The largest absolute Gasteiger partial charge is 0.654 e. The standard InChI is InChI=1S/C18H12N3.ClH.Ni/c1-5-13-7-3-11-19-17(13)15(9-1)21-16-10-2-6-14-8-4-12-20-18(14)16;;/h1-12H;1H;/q-1;;+1/p-1. The Labute approximate surface area is 146 Å². The molecule has 0 aliphatic rings. The molecule has 23 heavy (non-hydrogen) atoms. The number of para-hydroxylation sites is 2. The van der Waals surface area contributed by atoms with Crippen LogP contribution in [0.15, 0.2) is 73.1 Å². The number of halogens is 1. The van der Waals surface area contributed by atoms with Gasteiger partial charge >= 0.3 is 24.8 Å². The first-order valence-electron chi connectivity index (χ1n) is 6.93. The van der Waals surface area contributed by atoms with E-state index in [1.165, 1.54) is 0 Å². The van der Waals surface area contributed by atoms with E-state index < -0.39 is 0 Å². The van der Waals surface area contributed by atoms with Crippen LogP contribution in [0, 0.1) is 0 Å². The third-order valence-electron chi connectivity index (χ3n) is 3.46. The molecule has 4 aromatic rings. The van der Waals surface area contributed by atoms with E-state index in [1.807, 2.05) is 60.7 Å². The van der Waals surface area contributed by atoms with Gasteiger partial charge in [0.25, 0.3) is 0 Å². The molecule has 0 bridgehead atoms. The summed E-state index contributed by atoms with van der Waals surface area (Å²) in [6.45, 7) is 0. The molecule has 3 nitrogen and oxygen atoms in total. The van der Waals surface area contributed by atoms with E-state index in [9.17, 15) is 0 Å². The number of nitrogens with zero attached hydrogens (tertiary/aromatic N) is 3. The summed E-state index contributed by atoms with van der Waals surface area (Å²) in [7, 11) is 4.26. The SMILES string of the molecule is [Cl][Ni].c1cnc2c([N-]c3cccc4cccnc34)cccc2c1. The first-order chi connectivity index (χ1) is 11.4. The molecular formula is C18H12ClN3Ni-. The van der Waals surface area contributed by atoms with Crippen molar-refractivity contribution in [1.82, 2.24) is 9.97 Å². The molecule has 4 rings (SSSR count). The first-order valence-corrected chi connectivity index (χ1v) is 8.29. The molecule has 0 saturated heterocycles. The normalized spacial score (nSPS) is 10.2. The van der Waals surface area contributed by atoms with Gasteiger partial charge in [-0.3, -0.25) is 9.97 Å². The molecule has 0 radical (unpaired) electrons. The number of fused-ring (bicyclic) bond motifs is 2. The van der Waals surface area contributed by atoms with Crippen molar-refractivity contribution in [3.05, 3.63) is 78.4 Å². The molecule has 117 valence electrons.